The van der Waals surface area contributed by atoms with Crippen molar-refractivity contribution in [3.8, 4) is 0 Å². The fraction of sp³-hybridized carbons (Fsp3) is 0.810. The van der Waals surface area contributed by atoms with Crippen molar-refractivity contribution in [3.05, 3.63) is 22.4 Å². The van der Waals surface area contributed by atoms with Gasteiger partial charge in [0.05, 0.1) is 17.0 Å². The van der Waals surface area contributed by atoms with E-state index in [0.29, 0.717) is 6.04 Å². The molecule has 0 aromatic carbocycles. The summed E-state index contributed by atoms with van der Waals surface area (Å²) < 4.78 is 5.96. The third-order valence-electron chi connectivity index (χ3n) is 5.57. The van der Waals surface area contributed by atoms with Gasteiger partial charge in [0.25, 0.3) is 0 Å². The summed E-state index contributed by atoms with van der Waals surface area (Å²) in [6.45, 7) is 13.8. The van der Waals surface area contributed by atoms with Crippen molar-refractivity contribution in [1.29, 1.82) is 0 Å². The molecule has 3 heteroatoms. The molecule has 0 saturated carbocycles. The minimum absolute atomic E-state index is 0.0764. The van der Waals surface area contributed by atoms with Crippen molar-refractivity contribution in [3.63, 3.8) is 0 Å². The molecule has 0 aliphatic carbocycles. The molecule has 0 spiro atoms. The van der Waals surface area contributed by atoms with Crippen LogP contribution in [0.25, 0.3) is 0 Å². The van der Waals surface area contributed by atoms with Gasteiger partial charge in [0.2, 0.25) is 0 Å². The lowest BCUT2D eigenvalue weighted by molar-refractivity contribution is -0.693. The van der Waals surface area contributed by atoms with Gasteiger partial charge in [-0.25, -0.2) is 0 Å². The number of rotatable bonds is 9. The van der Waals surface area contributed by atoms with E-state index in [1.807, 2.05) is 11.3 Å². The van der Waals surface area contributed by atoms with E-state index in [2.05, 4.69) is 57.4 Å². The first-order valence-electron chi connectivity index (χ1n) is 9.88. The number of hydrogen-bond acceptors (Lipinski definition) is 2. The van der Waals surface area contributed by atoms with Gasteiger partial charge in [0.1, 0.15) is 6.04 Å². The van der Waals surface area contributed by atoms with Gasteiger partial charge in [-0.15, -0.1) is 11.3 Å². The molecular weight excluding hydrogens is 314 g/mol. The lowest BCUT2D eigenvalue weighted by Gasteiger charge is -2.39. The summed E-state index contributed by atoms with van der Waals surface area (Å²) in [5, 5.41) is 4.73. The Bertz CT molecular complexity index is 454. The normalized spacial score (nSPS) is 23.3. The highest BCUT2D eigenvalue weighted by Crippen LogP contribution is 2.37. The SMILES string of the molecule is CC(C)CC[C@@H](CC[NH2+][C@@H](C)c1cccs1)[C@@H]1CCOC(C)(C)C1. The van der Waals surface area contributed by atoms with Gasteiger partial charge in [-0.1, -0.05) is 26.3 Å². The minimum Gasteiger partial charge on any atom is -0.376 e. The van der Waals surface area contributed by atoms with Crippen LogP contribution in [0.15, 0.2) is 17.5 Å². The van der Waals surface area contributed by atoms with Crippen molar-refractivity contribution < 1.29 is 10.1 Å². The Morgan fingerprint density at radius 2 is 2.04 bits per heavy atom. The Hall–Kier alpha value is -0.380. The van der Waals surface area contributed by atoms with Crippen LogP contribution in [-0.4, -0.2) is 18.8 Å². The van der Waals surface area contributed by atoms with Crippen LogP contribution in [-0.2, 0) is 4.74 Å². The molecule has 2 nitrogen and oxygen atoms in total. The summed E-state index contributed by atoms with van der Waals surface area (Å²) in [4.78, 5) is 1.50. The van der Waals surface area contributed by atoms with E-state index in [1.165, 1.54) is 43.5 Å². The van der Waals surface area contributed by atoms with Crippen LogP contribution in [0.2, 0.25) is 0 Å². The van der Waals surface area contributed by atoms with Gasteiger partial charge in [0.15, 0.2) is 0 Å². The van der Waals surface area contributed by atoms with E-state index in [9.17, 15) is 0 Å². The number of quaternary nitrogens is 1. The molecule has 0 bridgehead atoms. The summed E-state index contributed by atoms with van der Waals surface area (Å²) >= 11 is 1.88. The Labute approximate surface area is 153 Å². The topological polar surface area (TPSA) is 25.8 Å². The van der Waals surface area contributed by atoms with Crippen LogP contribution < -0.4 is 5.32 Å². The Balaban J connectivity index is 1.85. The summed E-state index contributed by atoms with van der Waals surface area (Å²) in [6.07, 6.45) is 6.59. The molecule has 2 N–H and O–H groups in total. The van der Waals surface area contributed by atoms with Gasteiger partial charge < -0.3 is 10.1 Å². The molecule has 0 unspecified atom stereocenters. The van der Waals surface area contributed by atoms with Crippen molar-refractivity contribution >= 4 is 11.3 Å². The summed E-state index contributed by atoms with van der Waals surface area (Å²) in [5.74, 6) is 2.52. The van der Waals surface area contributed by atoms with Crippen LogP contribution in [0.3, 0.4) is 0 Å². The largest absolute Gasteiger partial charge is 0.376 e. The molecule has 1 aliphatic heterocycles. The molecule has 0 radical (unpaired) electrons. The zero-order valence-electron chi connectivity index (χ0n) is 16.4. The summed E-state index contributed by atoms with van der Waals surface area (Å²) in [5.41, 5.74) is 0.0764. The number of thiophene rings is 1. The zero-order chi connectivity index (χ0) is 17.6. The van der Waals surface area contributed by atoms with Gasteiger partial charge in [-0.05, 0) is 75.7 Å². The highest BCUT2D eigenvalue weighted by molar-refractivity contribution is 7.10. The first-order valence-corrected chi connectivity index (χ1v) is 10.8. The lowest BCUT2D eigenvalue weighted by Crippen LogP contribution is -2.84. The number of nitrogens with two attached hydrogens (primary N) is 1. The van der Waals surface area contributed by atoms with E-state index in [-0.39, 0.29) is 5.60 Å². The maximum Gasteiger partial charge on any atom is 0.118 e. The molecule has 0 amide bonds. The maximum absolute atomic E-state index is 5.96. The Morgan fingerprint density at radius 3 is 2.67 bits per heavy atom. The second kappa shape index (κ2) is 9.35. The molecule has 1 fully saturated rings. The first-order chi connectivity index (χ1) is 11.4. The predicted molar refractivity (Wildman–Crippen MR) is 104 cm³/mol. The van der Waals surface area contributed by atoms with Crippen LogP contribution in [0.5, 0.6) is 0 Å². The number of hydrogen-bond donors (Lipinski definition) is 1. The lowest BCUT2D eigenvalue weighted by atomic mass is 9.75. The Morgan fingerprint density at radius 1 is 1.25 bits per heavy atom. The highest BCUT2D eigenvalue weighted by atomic mass is 32.1. The van der Waals surface area contributed by atoms with Crippen molar-refractivity contribution in [1.82, 2.24) is 0 Å². The van der Waals surface area contributed by atoms with Gasteiger partial charge in [-0.2, -0.15) is 0 Å². The third-order valence-corrected chi connectivity index (χ3v) is 6.64. The zero-order valence-corrected chi connectivity index (χ0v) is 17.2. The molecule has 1 aliphatic rings. The van der Waals surface area contributed by atoms with E-state index < -0.39 is 0 Å². The molecule has 24 heavy (non-hydrogen) atoms. The van der Waals surface area contributed by atoms with E-state index in [1.54, 1.807) is 0 Å². The third kappa shape index (κ3) is 6.50. The second-order valence-electron chi connectivity index (χ2n) is 8.71. The van der Waals surface area contributed by atoms with E-state index in [0.717, 1.165) is 24.4 Å². The van der Waals surface area contributed by atoms with E-state index in [4.69, 9.17) is 4.74 Å². The van der Waals surface area contributed by atoms with Gasteiger partial charge >= 0.3 is 0 Å². The quantitative estimate of drug-likeness (QED) is 0.663. The van der Waals surface area contributed by atoms with Crippen LogP contribution in [0.4, 0.5) is 0 Å². The average molecular weight is 353 g/mol. The predicted octanol–water partition coefficient (Wildman–Crippen LogP) is 5.02. The molecule has 2 heterocycles. The van der Waals surface area contributed by atoms with Crippen molar-refractivity contribution in [2.45, 2.75) is 78.4 Å². The number of ether oxygens (including phenoxy) is 1. The molecule has 3 atom stereocenters. The second-order valence-corrected chi connectivity index (χ2v) is 9.69. The molecule has 138 valence electrons. The first kappa shape index (κ1) is 19.9. The monoisotopic (exact) mass is 352 g/mol. The average Bonchev–Trinajstić information content (AvgIpc) is 3.03. The van der Waals surface area contributed by atoms with Crippen LogP contribution >= 0.6 is 11.3 Å². The van der Waals surface area contributed by atoms with E-state index >= 15 is 0 Å². The smallest absolute Gasteiger partial charge is 0.118 e. The highest BCUT2D eigenvalue weighted by Gasteiger charge is 2.33. The fourth-order valence-corrected chi connectivity index (χ4v) is 4.85. The van der Waals surface area contributed by atoms with Crippen molar-refractivity contribution in [2.75, 3.05) is 13.2 Å². The molecule has 1 aromatic rings. The van der Waals surface area contributed by atoms with Crippen LogP contribution in [0, 0.1) is 17.8 Å². The molecule has 1 aromatic heterocycles. The molecular formula is C21H38NOS+. The maximum atomic E-state index is 5.96. The summed E-state index contributed by atoms with van der Waals surface area (Å²) in [7, 11) is 0. The standard InChI is InChI=1S/C21H37NOS/c1-16(2)8-9-18(19-11-13-23-21(4,5)15-19)10-12-22-17(3)20-7-6-14-24-20/h6-7,14,16-19,22H,8-13,15H2,1-5H3/p+1/t17-,18-,19+/m0/s1. The Kier molecular flexibility index (Phi) is 7.77. The van der Waals surface area contributed by atoms with Gasteiger partial charge in [0, 0.05) is 6.61 Å². The summed E-state index contributed by atoms with van der Waals surface area (Å²) in [6, 6.07) is 5.03. The fourth-order valence-electron chi connectivity index (χ4n) is 4.07. The van der Waals surface area contributed by atoms with Crippen LogP contribution in [0.1, 0.15) is 77.6 Å². The molecule has 1 saturated heterocycles. The van der Waals surface area contributed by atoms with Gasteiger partial charge in [-0.3, -0.25) is 0 Å². The minimum atomic E-state index is 0.0764. The molecule has 2 rings (SSSR count). The van der Waals surface area contributed by atoms with Crippen molar-refractivity contribution in [2.24, 2.45) is 17.8 Å².